The van der Waals surface area contributed by atoms with Gasteiger partial charge in [0.1, 0.15) is 5.75 Å². The summed E-state index contributed by atoms with van der Waals surface area (Å²) >= 11 is 0. The lowest BCUT2D eigenvalue weighted by atomic mass is 10.1. The summed E-state index contributed by atoms with van der Waals surface area (Å²) in [5, 5.41) is 3.66. The molecule has 118 valence electrons. The monoisotopic (exact) mass is 292 g/mol. The maximum absolute atomic E-state index is 5.46. The van der Waals surface area contributed by atoms with Crippen LogP contribution in [0.4, 0.5) is 0 Å². The fourth-order valence-electron chi connectivity index (χ4n) is 2.86. The highest BCUT2D eigenvalue weighted by atomic mass is 16.5. The van der Waals surface area contributed by atoms with Gasteiger partial charge in [0.2, 0.25) is 0 Å². The van der Waals surface area contributed by atoms with Crippen LogP contribution in [-0.4, -0.2) is 51.4 Å². The Morgan fingerprint density at radius 1 is 1.29 bits per heavy atom. The molecule has 1 N–H and O–H groups in total. The number of nitrogens with one attached hydrogen (secondary N) is 1. The summed E-state index contributed by atoms with van der Waals surface area (Å²) < 4.78 is 10.7. The van der Waals surface area contributed by atoms with Gasteiger partial charge >= 0.3 is 0 Å². The molecule has 1 heterocycles. The first-order valence-electron chi connectivity index (χ1n) is 7.89. The molecule has 0 amide bonds. The van der Waals surface area contributed by atoms with Crippen molar-refractivity contribution in [2.24, 2.45) is 0 Å². The van der Waals surface area contributed by atoms with Crippen LogP contribution in [-0.2, 0) is 4.74 Å². The van der Waals surface area contributed by atoms with Crippen molar-refractivity contribution < 1.29 is 9.47 Å². The first-order chi connectivity index (χ1) is 10.3. The molecular formula is C17H28N2O2. The Morgan fingerprint density at radius 3 is 2.62 bits per heavy atom. The minimum atomic E-state index is 0.367. The topological polar surface area (TPSA) is 33.7 Å². The van der Waals surface area contributed by atoms with E-state index in [0.717, 1.165) is 44.8 Å². The lowest BCUT2D eigenvalue weighted by molar-refractivity contribution is 0.106. The summed E-state index contributed by atoms with van der Waals surface area (Å²) in [7, 11) is 3.52. The number of ether oxygens (including phenoxy) is 2. The second kappa shape index (κ2) is 8.37. The maximum Gasteiger partial charge on any atom is 0.118 e. The minimum Gasteiger partial charge on any atom is -0.497 e. The van der Waals surface area contributed by atoms with Gasteiger partial charge in [0.15, 0.2) is 0 Å². The van der Waals surface area contributed by atoms with E-state index in [1.807, 2.05) is 19.2 Å². The predicted molar refractivity (Wildman–Crippen MR) is 85.9 cm³/mol. The second-order valence-corrected chi connectivity index (χ2v) is 5.69. The zero-order valence-corrected chi connectivity index (χ0v) is 13.5. The largest absolute Gasteiger partial charge is 0.497 e. The van der Waals surface area contributed by atoms with Crippen molar-refractivity contribution in [1.29, 1.82) is 0 Å². The van der Waals surface area contributed by atoms with Crippen LogP contribution >= 0.6 is 0 Å². The van der Waals surface area contributed by atoms with Gasteiger partial charge in [-0.05, 0) is 37.1 Å². The van der Waals surface area contributed by atoms with Crippen LogP contribution < -0.4 is 10.1 Å². The van der Waals surface area contributed by atoms with Crippen molar-refractivity contribution >= 4 is 0 Å². The molecule has 0 saturated carbocycles. The highest BCUT2D eigenvalue weighted by Gasteiger charge is 2.24. The summed E-state index contributed by atoms with van der Waals surface area (Å²) in [6.07, 6.45) is 2.68. The number of nitrogens with zero attached hydrogens (tertiary/aromatic N) is 1. The summed E-state index contributed by atoms with van der Waals surface area (Å²) in [6.45, 7) is 6.44. The summed E-state index contributed by atoms with van der Waals surface area (Å²) in [5.41, 5.74) is 1.32. The molecule has 0 aliphatic carbocycles. The third-order valence-electron chi connectivity index (χ3n) is 4.16. The Morgan fingerprint density at radius 2 is 2.05 bits per heavy atom. The van der Waals surface area contributed by atoms with E-state index >= 15 is 0 Å². The molecule has 1 aliphatic rings. The second-order valence-electron chi connectivity index (χ2n) is 5.69. The smallest absolute Gasteiger partial charge is 0.118 e. The van der Waals surface area contributed by atoms with E-state index in [-0.39, 0.29) is 0 Å². The highest BCUT2D eigenvalue weighted by Crippen LogP contribution is 2.21. The van der Waals surface area contributed by atoms with Gasteiger partial charge in [-0.25, -0.2) is 0 Å². The van der Waals surface area contributed by atoms with E-state index in [4.69, 9.17) is 9.47 Å². The molecule has 0 radical (unpaired) electrons. The third kappa shape index (κ3) is 4.70. The van der Waals surface area contributed by atoms with Gasteiger partial charge < -0.3 is 14.8 Å². The Kier molecular flexibility index (Phi) is 6.49. The summed E-state index contributed by atoms with van der Waals surface area (Å²) in [6, 6.07) is 8.77. The average Bonchev–Trinajstić information content (AvgIpc) is 2.99. The molecule has 1 aromatic rings. The van der Waals surface area contributed by atoms with Gasteiger partial charge in [0, 0.05) is 32.8 Å². The van der Waals surface area contributed by atoms with Crippen molar-refractivity contribution in [3.63, 3.8) is 0 Å². The molecule has 1 aromatic carbocycles. The summed E-state index contributed by atoms with van der Waals surface area (Å²) in [5.74, 6) is 0.911. The van der Waals surface area contributed by atoms with Crippen LogP contribution in [0.3, 0.4) is 0 Å². The number of hydrogen-bond acceptors (Lipinski definition) is 4. The molecule has 1 saturated heterocycles. The predicted octanol–water partition coefficient (Wildman–Crippen LogP) is 2.46. The van der Waals surface area contributed by atoms with Crippen molar-refractivity contribution in [3.05, 3.63) is 29.8 Å². The fourth-order valence-corrected chi connectivity index (χ4v) is 2.86. The molecule has 1 aliphatic heterocycles. The van der Waals surface area contributed by atoms with Crippen LogP contribution in [0.15, 0.2) is 24.3 Å². The standard InChI is InChI=1S/C17H28N2O2/c1-4-10-18-17(13-19-11-9-16(12-19)21-3)14-5-7-15(20-2)8-6-14/h5-8,16-18H,4,9-13H2,1-3H3. The number of methoxy groups -OCH3 is 2. The lowest BCUT2D eigenvalue weighted by Gasteiger charge is -2.25. The molecule has 2 unspecified atom stereocenters. The molecular weight excluding hydrogens is 264 g/mol. The van der Waals surface area contributed by atoms with Gasteiger partial charge in [-0.1, -0.05) is 19.1 Å². The number of rotatable bonds is 8. The molecule has 21 heavy (non-hydrogen) atoms. The van der Waals surface area contributed by atoms with Crippen molar-refractivity contribution in [2.45, 2.75) is 31.9 Å². The Labute approximate surface area is 128 Å². The maximum atomic E-state index is 5.46. The molecule has 0 spiro atoms. The van der Waals surface area contributed by atoms with E-state index in [1.165, 1.54) is 5.56 Å². The van der Waals surface area contributed by atoms with Gasteiger partial charge in [0.05, 0.1) is 13.2 Å². The van der Waals surface area contributed by atoms with Crippen molar-refractivity contribution in [3.8, 4) is 5.75 Å². The molecule has 0 bridgehead atoms. The van der Waals surface area contributed by atoms with Gasteiger partial charge in [-0.2, -0.15) is 0 Å². The Hall–Kier alpha value is -1.10. The van der Waals surface area contributed by atoms with Crippen LogP contribution in [0.2, 0.25) is 0 Å². The first kappa shape index (κ1) is 16.3. The van der Waals surface area contributed by atoms with Gasteiger partial charge in [-0.3, -0.25) is 4.90 Å². The fraction of sp³-hybridized carbons (Fsp3) is 0.647. The number of likely N-dealkylation sites (tertiary alicyclic amines) is 1. The quantitative estimate of drug-likeness (QED) is 0.798. The third-order valence-corrected chi connectivity index (χ3v) is 4.16. The molecule has 1 fully saturated rings. The number of benzene rings is 1. The molecule has 4 heteroatoms. The highest BCUT2D eigenvalue weighted by molar-refractivity contribution is 5.29. The molecule has 2 rings (SSSR count). The lowest BCUT2D eigenvalue weighted by Crippen LogP contribution is -2.35. The van der Waals surface area contributed by atoms with Crippen molar-refractivity contribution in [1.82, 2.24) is 10.2 Å². The van der Waals surface area contributed by atoms with E-state index in [1.54, 1.807) is 7.11 Å². The van der Waals surface area contributed by atoms with Gasteiger partial charge in [-0.15, -0.1) is 0 Å². The summed E-state index contributed by atoms with van der Waals surface area (Å²) in [4.78, 5) is 2.49. The van der Waals surface area contributed by atoms with Crippen LogP contribution in [0.1, 0.15) is 31.4 Å². The van der Waals surface area contributed by atoms with E-state index < -0.39 is 0 Å². The average molecular weight is 292 g/mol. The van der Waals surface area contributed by atoms with E-state index in [0.29, 0.717) is 12.1 Å². The van der Waals surface area contributed by atoms with Gasteiger partial charge in [0.25, 0.3) is 0 Å². The van der Waals surface area contributed by atoms with E-state index in [9.17, 15) is 0 Å². The Bertz CT molecular complexity index is 408. The zero-order chi connectivity index (χ0) is 15.1. The van der Waals surface area contributed by atoms with Crippen molar-refractivity contribution in [2.75, 3.05) is 40.4 Å². The first-order valence-corrected chi connectivity index (χ1v) is 7.89. The zero-order valence-electron chi connectivity index (χ0n) is 13.5. The van der Waals surface area contributed by atoms with E-state index in [2.05, 4.69) is 29.3 Å². The molecule has 0 aromatic heterocycles. The minimum absolute atomic E-state index is 0.367. The molecule has 2 atom stereocenters. The SMILES string of the molecule is CCCNC(CN1CCC(OC)C1)c1ccc(OC)cc1. The van der Waals surface area contributed by atoms with Crippen LogP contribution in [0.5, 0.6) is 5.75 Å². The van der Waals surface area contributed by atoms with Crippen LogP contribution in [0.25, 0.3) is 0 Å². The Balaban J connectivity index is 1.99. The normalized spacial score (nSPS) is 20.6. The molecule has 4 nitrogen and oxygen atoms in total. The number of hydrogen-bond donors (Lipinski definition) is 1. The van der Waals surface area contributed by atoms with Crippen LogP contribution in [0, 0.1) is 0 Å².